The zero-order valence-corrected chi connectivity index (χ0v) is 21.8. The topological polar surface area (TPSA) is 113 Å². The number of fused-ring (bicyclic) bond motifs is 1. The molecule has 5 aromatic rings. The number of nitrogens with zero attached hydrogens (tertiary/aromatic N) is 3. The minimum Gasteiger partial charge on any atom is -0.481 e. The van der Waals surface area contributed by atoms with Gasteiger partial charge in [-0.3, -0.25) is 9.78 Å². The third kappa shape index (κ3) is 3.81. The van der Waals surface area contributed by atoms with Crippen LogP contribution in [0.2, 0.25) is 0 Å². The summed E-state index contributed by atoms with van der Waals surface area (Å²) in [5, 5.41) is 21.8. The fraction of sp³-hybridized carbons (Fsp3) is 0.138. The zero-order chi connectivity index (χ0) is 26.6. The lowest BCUT2D eigenvalue weighted by Crippen LogP contribution is -2.14. The molecule has 6 rings (SSSR count). The van der Waals surface area contributed by atoms with Crippen molar-refractivity contribution in [2.75, 3.05) is 0 Å². The Balaban J connectivity index is 1.70. The van der Waals surface area contributed by atoms with Gasteiger partial charge in [-0.05, 0) is 60.5 Å². The van der Waals surface area contributed by atoms with Gasteiger partial charge < -0.3 is 5.11 Å². The summed E-state index contributed by atoms with van der Waals surface area (Å²) in [4.78, 5) is 16.4. The van der Waals surface area contributed by atoms with Crippen molar-refractivity contribution in [3.63, 3.8) is 0 Å². The average molecular weight is 540 g/mol. The Morgan fingerprint density at radius 3 is 2.66 bits per heavy atom. The van der Waals surface area contributed by atoms with E-state index in [0.717, 1.165) is 11.1 Å². The molecule has 1 fully saturated rings. The minimum absolute atomic E-state index is 0.125. The van der Waals surface area contributed by atoms with Crippen molar-refractivity contribution >= 4 is 38.2 Å². The highest BCUT2D eigenvalue weighted by atomic mass is 32.2. The number of pyridine rings is 1. The number of carboxylic acids is 1. The Bertz CT molecular complexity index is 1880. The van der Waals surface area contributed by atoms with Crippen molar-refractivity contribution < 1.29 is 18.3 Å². The van der Waals surface area contributed by atoms with Gasteiger partial charge in [-0.2, -0.15) is 5.26 Å². The predicted octanol–water partition coefficient (Wildman–Crippen LogP) is 6.04. The minimum atomic E-state index is -4.09. The Labute approximate surface area is 223 Å². The first kappa shape index (κ1) is 24.1. The van der Waals surface area contributed by atoms with E-state index in [9.17, 15) is 23.6 Å². The summed E-state index contributed by atoms with van der Waals surface area (Å²) >= 11 is 1.29. The van der Waals surface area contributed by atoms with Gasteiger partial charge in [-0.15, -0.1) is 11.3 Å². The molecule has 9 heteroatoms. The molecule has 0 spiro atoms. The van der Waals surface area contributed by atoms with Gasteiger partial charge in [0, 0.05) is 28.3 Å². The van der Waals surface area contributed by atoms with Crippen LogP contribution in [0.3, 0.4) is 0 Å². The number of benzene rings is 2. The highest BCUT2D eigenvalue weighted by Gasteiger charge is 2.44. The number of aliphatic carboxylic acids is 1. The fourth-order valence-electron chi connectivity index (χ4n) is 5.05. The monoisotopic (exact) mass is 539 g/mol. The molecule has 1 N–H and O–H groups in total. The van der Waals surface area contributed by atoms with Gasteiger partial charge in [0.2, 0.25) is 0 Å². The average Bonchev–Trinajstić information content (AvgIpc) is 3.46. The van der Waals surface area contributed by atoms with Crippen molar-refractivity contribution in [1.82, 2.24) is 8.96 Å². The van der Waals surface area contributed by atoms with Crippen LogP contribution >= 0.6 is 11.3 Å². The number of carbonyl (C=O) groups is 1. The molecule has 0 aliphatic heterocycles. The summed E-state index contributed by atoms with van der Waals surface area (Å²) in [6, 6.07) is 19.9. The van der Waals surface area contributed by atoms with Gasteiger partial charge in [0.25, 0.3) is 10.0 Å². The number of hydrogen-bond donors (Lipinski definition) is 1. The first-order valence-corrected chi connectivity index (χ1v) is 14.2. The van der Waals surface area contributed by atoms with Crippen molar-refractivity contribution in [3.05, 3.63) is 94.4 Å². The number of rotatable bonds is 6. The first-order chi connectivity index (χ1) is 18.3. The summed E-state index contributed by atoms with van der Waals surface area (Å²) in [7, 11) is -4.09. The van der Waals surface area contributed by atoms with E-state index in [-0.39, 0.29) is 10.8 Å². The fourth-order valence-corrected chi connectivity index (χ4v) is 7.28. The Hall–Kier alpha value is -4.26. The standard InChI is InChI=1S/C29H21N3O4S2/c1-17-5-7-20(8-6-17)38(35,36)32-25-16-31-11-9-21(25)27(22-10-12-37-26(22)15-30)28(32)19-4-2-3-18(13-19)23-14-24(23)29(33)34/h2-13,16,23-24H,14H2,1H3,(H,33,34). The molecule has 0 bridgehead atoms. The lowest BCUT2D eigenvalue weighted by molar-refractivity contribution is -0.138. The number of aromatic nitrogens is 2. The maximum absolute atomic E-state index is 14.3. The van der Waals surface area contributed by atoms with Gasteiger partial charge in [-0.25, -0.2) is 12.4 Å². The molecule has 2 aromatic carbocycles. The summed E-state index contributed by atoms with van der Waals surface area (Å²) in [6.07, 6.45) is 3.68. The van der Waals surface area contributed by atoms with Crippen molar-refractivity contribution in [2.45, 2.75) is 24.2 Å². The van der Waals surface area contributed by atoms with Crippen LogP contribution in [-0.2, 0) is 14.8 Å². The van der Waals surface area contributed by atoms with E-state index in [1.165, 1.54) is 21.5 Å². The van der Waals surface area contributed by atoms with Crippen molar-refractivity contribution in [2.24, 2.45) is 5.92 Å². The van der Waals surface area contributed by atoms with Gasteiger partial charge in [0.15, 0.2) is 0 Å². The quantitative estimate of drug-likeness (QED) is 0.282. The zero-order valence-electron chi connectivity index (χ0n) is 20.2. The van der Waals surface area contributed by atoms with Crippen LogP contribution in [0.1, 0.15) is 28.3 Å². The largest absolute Gasteiger partial charge is 0.481 e. The van der Waals surface area contributed by atoms with Gasteiger partial charge in [0.1, 0.15) is 10.9 Å². The van der Waals surface area contributed by atoms with Gasteiger partial charge >= 0.3 is 5.97 Å². The summed E-state index contributed by atoms with van der Waals surface area (Å²) in [6.45, 7) is 1.89. The van der Waals surface area contributed by atoms with Crippen molar-refractivity contribution in [3.8, 4) is 28.5 Å². The molecule has 2 atom stereocenters. The van der Waals surface area contributed by atoms with E-state index < -0.39 is 21.9 Å². The Kier molecular flexibility index (Phi) is 5.67. The molecule has 0 saturated heterocycles. The second kappa shape index (κ2) is 8.94. The van der Waals surface area contributed by atoms with E-state index in [2.05, 4.69) is 11.1 Å². The smallest absolute Gasteiger partial charge is 0.307 e. The lowest BCUT2D eigenvalue weighted by atomic mass is 9.97. The molecule has 0 amide bonds. The van der Waals surface area contributed by atoms with Crippen LogP contribution in [-0.4, -0.2) is 28.5 Å². The van der Waals surface area contributed by atoms with E-state index in [1.54, 1.807) is 36.5 Å². The third-order valence-electron chi connectivity index (χ3n) is 7.02. The molecule has 1 aliphatic carbocycles. The Morgan fingerprint density at radius 2 is 1.95 bits per heavy atom. The van der Waals surface area contributed by atoms with Crippen LogP contribution in [0.15, 0.2) is 83.3 Å². The van der Waals surface area contributed by atoms with E-state index in [4.69, 9.17) is 0 Å². The van der Waals surface area contributed by atoms with Gasteiger partial charge in [-0.1, -0.05) is 35.9 Å². The molecule has 7 nitrogen and oxygen atoms in total. The Morgan fingerprint density at radius 1 is 1.16 bits per heavy atom. The molecule has 1 aliphatic rings. The van der Waals surface area contributed by atoms with E-state index in [0.29, 0.717) is 44.6 Å². The van der Waals surface area contributed by atoms with Crippen molar-refractivity contribution in [1.29, 1.82) is 5.26 Å². The molecular weight excluding hydrogens is 518 g/mol. The first-order valence-electron chi connectivity index (χ1n) is 11.9. The predicted molar refractivity (Wildman–Crippen MR) is 145 cm³/mol. The highest BCUT2D eigenvalue weighted by Crippen LogP contribution is 2.50. The second-order valence-corrected chi connectivity index (χ2v) is 12.1. The molecule has 188 valence electrons. The highest BCUT2D eigenvalue weighted by molar-refractivity contribution is 7.90. The third-order valence-corrected chi connectivity index (χ3v) is 9.57. The van der Waals surface area contributed by atoms with Crippen LogP contribution < -0.4 is 0 Å². The molecule has 3 aromatic heterocycles. The van der Waals surface area contributed by atoms with Crippen LogP contribution in [0.5, 0.6) is 0 Å². The lowest BCUT2D eigenvalue weighted by Gasteiger charge is -2.15. The normalized spacial score (nSPS) is 16.8. The number of carboxylic acid groups (broad SMARTS) is 1. The SMILES string of the molecule is Cc1ccc(S(=O)(=O)n2c(-c3cccc(C4CC4C(=O)O)c3)c(-c3ccsc3C#N)c3ccncc32)cc1. The summed E-state index contributed by atoms with van der Waals surface area (Å²) in [5.41, 5.74) is 4.47. The molecule has 38 heavy (non-hydrogen) atoms. The molecule has 1 saturated carbocycles. The maximum Gasteiger partial charge on any atom is 0.307 e. The van der Waals surface area contributed by atoms with E-state index in [1.807, 2.05) is 42.6 Å². The number of hydrogen-bond acceptors (Lipinski definition) is 6. The second-order valence-electron chi connectivity index (χ2n) is 9.39. The van der Waals surface area contributed by atoms with Crippen LogP contribution in [0, 0.1) is 24.2 Å². The summed E-state index contributed by atoms with van der Waals surface area (Å²) < 4.78 is 29.8. The van der Waals surface area contributed by atoms with Crippen LogP contribution in [0.4, 0.5) is 0 Å². The number of nitriles is 1. The van der Waals surface area contributed by atoms with E-state index >= 15 is 0 Å². The van der Waals surface area contributed by atoms with Gasteiger partial charge in [0.05, 0.1) is 28.2 Å². The summed E-state index contributed by atoms with van der Waals surface area (Å²) in [5.74, 6) is -1.40. The number of thiophene rings is 1. The molecule has 0 radical (unpaired) electrons. The maximum atomic E-state index is 14.3. The molecule has 3 heterocycles. The molecule has 2 unspecified atom stereocenters. The molecular formula is C29H21N3O4S2. The van der Waals surface area contributed by atoms with Crippen LogP contribution in [0.25, 0.3) is 33.3 Å². The number of aryl methyl sites for hydroxylation is 1.